The molecule has 1 aliphatic carbocycles. The van der Waals surface area contributed by atoms with Gasteiger partial charge < -0.3 is 5.32 Å². The van der Waals surface area contributed by atoms with E-state index < -0.39 is 6.43 Å². The molecule has 1 N–H and O–H groups in total. The summed E-state index contributed by atoms with van der Waals surface area (Å²) in [6, 6.07) is 8.83. The molecular formula is C17H25F2NS. The second-order valence-electron chi connectivity index (χ2n) is 5.84. The van der Waals surface area contributed by atoms with E-state index >= 15 is 0 Å². The quantitative estimate of drug-likeness (QED) is 0.717. The molecule has 1 aliphatic rings. The summed E-state index contributed by atoms with van der Waals surface area (Å²) in [4.78, 5) is 0.933. The Balaban J connectivity index is 2.08. The number of thioether (sulfide) groups is 1. The molecule has 1 aromatic rings. The standard InChI is InChI=1S/C17H25F2NS/c1-4-17(5-2)14(10-15(17)20-3)12-6-8-13(9-7-12)21-11-16(18)19/h6-9,14-16,20H,4-5,10-11H2,1-3H3. The number of alkyl halides is 2. The van der Waals surface area contributed by atoms with Crippen molar-refractivity contribution in [2.45, 2.75) is 56.4 Å². The van der Waals surface area contributed by atoms with Crippen molar-refractivity contribution in [2.24, 2.45) is 5.41 Å². The molecule has 2 unspecified atom stereocenters. The highest BCUT2D eigenvalue weighted by Crippen LogP contribution is 2.57. The largest absolute Gasteiger partial charge is 0.316 e. The highest BCUT2D eigenvalue weighted by atomic mass is 32.2. The number of hydrogen-bond acceptors (Lipinski definition) is 2. The maximum Gasteiger partial charge on any atom is 0.247 e. The molecule has 2 rings (SSSR count). The van der Waals surface area contributed by atoms with Gasteiger partial charge in [-0.05, 0) is 55.3 Å². The topological polar surface area (TPSA) is 12.0 Å². The first-order chi connectivity index (χ1) is 10.1. The van der Waals surface area contributed by atoms with Crippen molar-refractivity contribution in [1.82, 2.24) is 5.32 Å². The van der Waals surface area contributed by atoms with Crippen LogP contribution in [0.1, 0.15) is 44.6 Å². The molecule has 2 atom stereocenters. The molecule has 1 fully saturated rings. The van der Waals surface area contributed by atoms with E-state index in [1.165, 1.54) is 36.6 Å². The Hall–Kier alpha value is -0.610. The smallest absolute Gasteiger partial charge is 0.247 e. The molecule has 21 heavy (non-hydrogen) atoms. The van der Waals surface area contributed by atoms with Gasteiger partial charge in [-0.15, -0.1) is 11.8 Å². The number of rotatable bonds is 7. The van der Waals surface area contributed by atoms with Crippen molar-refractivity contribution in [2.75, 3.05) is 12.8 Å². The first-order valence-electron chi connectivity index (χ1n) is 7.75. The van der Waals surface area contributed by atoms with E-state index in [1.807, 2.05) is 19.2 Å². The lowest BCUT2D eigenvalue weighted by molar-refractivity contribution is 0.0245. The summed E-state index contributed by atoms with van der Waals surface area (Å²) >= 11 is 1.23. The summed E-state index contributed by atoms with van der Waals surface area (Å²) in [6.07, 6.45) is 1.26. The lowest BCUT2D eigenvalue weighted by Crippen LogP contribution is -2.57. The average molecular weight is 313 g/mol. The summed E-state index contributed by atoms with van der Waals surface area (Å²) in [5.74, 6) is 0.456. The van der Waals surface area contributed by atoms with Crippen LogP contribution in [-0.4, -0.2) is 25.3 Å². The van der Waals surface area contributed by atoms with Crippen LogP contribution < -0.4 is 5.32 Å². The molecule has 0 heterocycles. The maximum atomic E-state index is 12.2. The Morgan fingerprint density at radius 3 is 2.33 bits per heavy atom. The lowest BCUT2D eigenvalue weighted by atomic mass is 9.52. The Labute approximate surface area is 130 Å². The number of benzene rings is 1. The summed E-state index contributed by atoms with van der Waals surface area (Å²) < 4.78 is 24.5. The van der Waals surface area contributed by atoms with Crippen LogP contribution >= 0.6 is 11.8 Å². The van der Waals surface area contributed by atoms with Crippen LogP contribution in [0.15, 0.2) is 29.2 Å². The molecular weight excluding hydrogens is 288 g/mol. The van der Waals surface area contributed by atoms with Gasteiger partial charge in [-0.1, -0.05) is 26.0 Å². The highest BCUT2D eigenvalue weighted by molar-refractivity contribution is 7.99. The van der Waals surface area contributed by atoms with E-state index in [-0.39, 0.29) is 5.75 Å². The van der Waals surface area contributed by atoms with Crippen molar-refractivity contribution < 1.29 is 8.78 Å². The van der Waals surface area contributed by atoms with E-state index in [1.54, 1.807) is 0 Å². The molecule has 4 heteroatoms. The van der Waals surface area contributed by atoms with E-state index in [2.05, 4.69) is 31.3 Å². The van der Waals surface area contributed by atoms with Gasteiger partial charge in [0.2, 0.25) is 6.43 Å². The van der Waals surface area contributed by atoms with Crippen LogP contribution in [0.25, 0.3) is 0 Å². The van der Waals surface area contributed by atoms with Crippen LogP contribution in [-0.2, 0) is 0 Å². The summed E-state index contributed by atoms with van der Waals surface area (Å²) in [6.45, 7) is 4.54. The fourth-order valence-electron chi connectivity index (χ4n) is 3.85. The van der Waals surface area contributed by atoms with Crippen LogP contribution in [0, 0.1) is 5.41 Å². The Morgan fingerprint density at radius 2 is 1.86 bits per heavy atom. The molecule has 0 aliphatic heterocycles. The van der Waals surface area contributed by atoms with Crippen molar-refractivity contribution >= 4 is 11.8 Å². The van der Waals surface area contributed by atoms with Gasteiger partial charge in [-0.25, -0.2) is 8.78 Å². The first kappa shape index (κ1) is 16.8. The van der Waals surface area contributed by atoms with E-state index in [4.69, 9.17) is 0 Å². The van der Waals surface area contributed by atoms with Crippen molar-refractivity contribution in [3.8, 4) is 0 Å². The van der Waals surface area contributed by atoms with Gasteiger partial charge in [0.15, 0.2) is 0 Å². The summed E-state index contributed by atoms with van der Waals surface area (Å²) in [5.41, 5.74) is 1.69. The molecule has 1 nitrogen and oxygen atoms in total. The second kappa shape index (κ2) is 7.10. The Bertz CT molecular complexity index is 443. The van der Waals surface area contributed by atoms with Crippen molar-refractivity contribution in [3.63, 3.8) is 0 Å². The van der Waals surface area contributed by atoms with Crippen molar-refractivity contribution in [1.29, 1.82) is 0 Å². The molecule has 0 radical (unpaired) electrons. The normalized spacial score (nSPS) is 24.1. The van der Waals surface area contributed by atoms with E-state index in [0.29, 0.717) is 17.4 Å². The minimum absolute atomic E-state index is 0.127. The molecule has 118 valence electrons. The van der Waals surface area contributed by atoms with Gasteiger partial charge in [0.25, 0.3) is 0 Å². The van der Waals surface area contributed by atoms with Gasteiger partial charge in [-0.2, -0.15) is 0 Å². The molecule has 0 spiro atoms. The highest BCUT2D eigenvalue weighted by Gasteiger charge is 2.52. The summed E-state index contributed by atoms with van der Waals surface area (Å²) in [7, 11) is 2.05. The van der Waals surface area contributed by atoms with E-state index in [9.17, 15) is 8.78 Å². The zero-order valence-electron chi connectivity index (χ0n) is 13.0. The summed E-state index contributed by atoms with van der Waals surface area (Å²) in [5, 5.41) is 3.45. The van der Waals surface area contributed by atoms with Crippen LogP contribution in [0.3, 0.4) is 0 Å². The zero-order valence-corrected chi connectivity index (χ0v) is 13.9. The predicted octanol–water partition coefficient (Wildman–Crippen LogP) is 4.93. The maximum absolute atomic E-state index is 12.2. The third kappa shape index (κ3) is 3.26. The van der Waals surface area contributed by atoms with Gasteiger partial charge in [0.1, 0.15) is 0 Å². The molecule has 0 aromatic heterocycles. The van der Waals surface area contributed by atoms with Gasteiger partial charge in [-0.3, -0.25) is 0 Å². The number of halogens is 2. The second-order valence-corrected chi connectivity index (χ2v) is 6.93. The van der Waals surface area contributed by atoms with Gasteiger partial charge >= 0.3 is 0 Å². The number of nitrogens with one attached hydrogen (secondary N) is 1. The SMILES string of the molecule is CCC1(CC)C(NC)CC1c1ccc(SCC(F)F)cc1. The van der Waals surface area contributed by atoms with Crippen LogP contribution in [0.4, 0.5) is 8.78 Å². The predicted molar refractivity (Wildman–Crippen MR) is 86.4 cm³/mol. The number of hydrogen-bond donors (Lipinski definition) is 1. The van der Waals surface area contributed by atoms with Gasteiger partial charge in [0.05, 0.1) is 5.75 Å². The zero-order chi connectivity index (χ0) is 15.5. The minimum Gasteiger partial charge on any atom is -0.316 e. The minimum atomic E-state index is -2.24. The molecule has 0 saturated heterocycles. The molecule has 0 bridgehead atoms. The third-order valence-electron chi connectivity index (χ3n) is 5.18. The molecule has 1 aromatic carbocycles. The first-order valence-corrected chi connectivity index (χ1v) is 8.74. The average Bonchev–Trinajstić information content (AvgIpc) is 2.47. The fourth-order valence-corrected chi connectivity index (χ4v) is 4.50. The molecule has 1 saturated carbocycles. The van der Waals surface area contributed by atoms with Gasteiger partial charge in [0, 0.05) is 10.9 Å². The Kier molecular flexibility index (Phi) is 5.67. The monoisotopic (exact) mass is 313 g/mol. The fraction of sp³-hybridized carbons (Fsp3) is 0.647. The van der Waals surface area contributed by atoms with Crippen LogP contribution in [0.5, 0.6) is 0 Å². The molecule has 0 amide bonds. The Morgan fingerprint density at radius 1 is 1.24 bits per heavy atom. The third-order valence-corrected chi connectivity index (χ3v) is 6.21. The van der Waals surface area contributed by atoms with Crippen molar-refractivity contribution in [3.05, 3.63) is 29.8 Å². The van der Waals surface area contributed by atoms with Crippen LogP contribution in [0.2, 0.25) is 0 Å². The lowest BCUT2D eigenvalue weighted by Gasteiger charge is -2.56. The van der Waals surface area contributed by atoms with E-state index in [0.717, 1.165) is 4.90 Å².